The van der Waals surface area contributed by atoms with Crippen LogP contribution in [-0.4, -0.2) is 29.2 Å². The highest BCUT2D eigenvalue weighted by Crippen LogP contribution is 2.21. The summed E-state index contributed by atoms with van der Waals surface area (Å²) in [4.78, 5) is 2.37. The third-order valence-corrected chi connectivity index (χ3v) is 3.49. The normalized spacial score (nSPS) is 21.6. The largest absolute Gasteiger partial charge is 0.396 e. The van der Waals surface area contributed by atoms with Crippen molar-refractivity contribution < 1.29 is 9.50 Å². The molecule has 17 heavy (non-hydrogen) atoms. The van der Waals surface area contributed by atoms with Gasteiger partial charge in [-0.25, -0.2) is 4.39 Å². The second-order valence-electron chi connectivity index (χ2n) is 4.76. The van der Waals surface area contributed by atoms with E-state index >= 15 is 0 Å². The zero-order valence-electron chi connectivity index (χ0n) is 10.1. The maximum Gasteiger partial charge on any atom is 0.123 e. The molecule has 1 aromatic carbocycles. The summed E-state index contributed by atoms with van der Waals surface area (Å²) in [6.45, 7) is 2.09. The molecule has 0 aliphatic carbocycles. The van der Waals surface area contributed by atoms with Crippen LogP contribution in [0.4, 0.5) is 4.39 Å². The Bertz CT molecular complexity index is 354. The molecular weight excluding hydrogens is 217 g/mol. The van der Waals surface area contributed by atoms with Crippen molar-refractivity contribution in [1.82, 2.24) is 4.90 Å². The molecule has 1 heterocycles. The number of aliphatic hydroxyl groups is 1. The molecule has 1 aromatic rings. The Balaban J connectivity index is 2.00. The van der Waals surface area contributed by atoms with Gasteiger partial charge in [0.25, 0.3) is 0 Å². The predicted octanol–water partition coefficient (Wildman–Crippen LogP) is 2.56. The molecule has 0 amide bonds. The van der Waals surface area contributed by atoms with Gasteiger partial charge < -0.3 is 5.11 Å². The fourth-order valence-electron chi connectivity index (χ4n) is 2.61. The lowest BCUT2D eigenvalue weighted by Gasteiger charge is -2.35. The van der Waals surface area contributed by atoms with E-state index in [0.717, 1.165) is 31.5 Å². The number of likely N-dealkylation sites (tertiary alicyclic amines) is 1. The average molecular weight is 237 g/mol. The molecule has 94 valence electrons. The summed E-state index contributed by atoms with van der Waals surface area (Å²) in [7, 11) is 0. The van der Waals surface area contributed by atoms with Crippen LogP contribution in [0.25, 0.3) is 0 Å². The molecule has 1 atom stereocenters. The van der Waals surface area contributed by atoms with Gasteiger partial charge in [-0.1, -0.05) is 18.6 Å². The highest BCUT2D eigenvalue weighted by Gasteiger charge is 2.21. The molecule has 1 aliphatic heterocycles. The third-order valence-electron chi connectivity index (χ3n) is 3.49. The van der Waals surface area contributed by atoms with E-state index in [-0.39, 0.29) is 12.4 Å². The second kappa shape index (κ2) is 6.12. The van der Waals surface area contributed by atoms with Crippen LogP contribution in [0.5, 0.6) is 0 Å². The van der Waals surface area contributed by atoms with Crippen molar-refractivity contribution in [2.45, 2.75) is 38.3 Å². The number of nitrogens with zero attached hydrogens (tertiary/aromatic N) is 1. The van der Waals surface area contributed by atoms with E-state index in [0.29, 0.717) is 6.04 Å². The zero-order valence-corrected chi connectivity index (χ0v) is 10.1. The van der Waals surface area contributed by atoms with Crippen molar-refractivity contribution in [3.05, 3.63) is 35.6 Å². The molecule has 0 unspecified atom stereocenters. The quantitative estimate of drug-likeness (QED) is 0.870. The van der Waals surface area contributed by atoms with Crippen LogP contribution >= 0.6 is 0 Å². The number of piperidine rings is 1. The van der Waals surface area contributed by atoms with E-state index in [1.807, 2.05) is 6.07 Å². The monoisotopic (exact) mass is 237 g/mol. The molecule has 1 N–H and O–H groups in total. The van der Waals surface area contributed by atoms with E-state index in [2.05, 4.69) is 4.90 Å². The van der Waals surface area contributed by atoms with E-state index in [1.165, 1.54) is 18.9 Å². The zero-order chi connectivity index (χ0) is 12.1. The van der Waals surface area contributed by atoms with Crippen molar-refractivity contribution >= 4 is 0 Å². The standard InChI is InChI=1S/C14H20FNO/c15-13-5-3-4-12(10-13)11-16-8-2-1-6-14(16)7-9-17/h3-5,10,14,17H,1-2,6-9,11H2/t14-/m1/s1. The van der Waals surface area contributed by atoms with Gasteiger partial charge in [0.15, 0.2) is 0 Å². The first kappa shape index (κ1) is 12.5. The Hall–Kier alpha value is -0.930. The van der Waals surface area contributed by atoms with Crippen molar-refractivity contribution in [1.29, 1.82) is 0 Å². The molecule has 1 aliphatic rings. The molecular formula is C14H20FNO. The van der Waals surface area contributed by atoms with Gasteiger partial charge in [-0.3, -0.25) is 4.90 Å². The third kappa shape index (κ3) is 3.51. The number of rotatable bonds is 4. The van der Waals surface area contributed by atoms with Gasteiger partial charge in [-0.15, -0.1) is 0 Å². The summed E-state index contributed by atoms with van der Waals surface area (Å²) in [6.07, 6.45) is 4.42. The molecule has 1 fully saturated rings. The van der Waals surface area contributed by atoms with Crippen molar-refractivity contribution in [2.24, 2.45) is 0 Å². The highest BCUT2D eigenvalue weighted by atomic mass is 19.1. The van der Waals surface area contributed by atoms with Crippen LogP contribution in [0.2, 0.25) is 0 Å². The Labute approximate surface area is 102 Å². The first-order chi connectivity index (χ1) is 8.29. The lowest BCUT2D eigenvalue weighted by atomic mass is 9.99. The number of halogens is 1. The molecule has 0 spiro atoms. The van der Waals surface area contributed by atoms with E-state index in [9.17, 15) is 4.39 Å². The maximum absolute atomic E-state index is 13.1. The van der Waals surface area contributed by atoms with Crippen molar-refractivity contribution in [2.75, 3.05) is 13.2 Å². The summed E-state index contributed by atoms with van der Waals surface area (Å²) < 4.78 is 13.1. The number of hydrogen-bond donors (Lipinski definition) is 1. The molecule has 1 saturated heterocycles. The van der Waals surface area contributed by atoms with Gasteiger partial charge in [0, 0.05) is 19.2 Å². The topological polar surface area (TPSA) is 23.5 Å². The molecule has 0 saturated carbocycles. The van der Waals surface area contributed by atoms with E-state index in [1.54, 1.807) is 12.1 Å². The number of aliphatic hydroxyl groups excluding tert-OH is 1. The van der Waals surface area contributed by atoms with Gasteiger partial charge in [-0.2, -0.15) is 0 Å². The first-order valence-corrected chi connectivity index (χ1v) is 6.39. The average Bonchev–Trinajstić information content (AvgIpc) is 2.32. The van der Waals surface area contributed by atoms with Crippen molar-refractivity contribution in [3.8, 4) is 0 Å². The SMILES string of the molecule is OCC[C@H]1CCCCN1Cc1cccc(F)c1. The summed E-state index contributed by atoms with van der Waals surface area (Å²) in [5, 5.41) is 9.06. The molecule has 2 rings (SSSR count). The van der Waals surface area contributed by atoms with Crippen LogP contribution in [0.15, 0.2) is 24.3 Å². The fourth-order valence-corrected chi connectivity index (χ4v) is 2.61. The van der Waals surface area contributed by atoms with E-state index in [4.69, 9.17) is 5.11 Å². The van der Waals surface area contributed by atoms with Crippen LogP contribution in [0.1, 0.15) is 31.2 Å². The van der Waals surface area contributed by atoms with Gasteiger partial charge in [0.05, 0.1) is 0 Å². The summed E-state index contributed by atoms with van der Waals surface area (Å²) in [6, 6.07) is 7.26. The minimum Gasteiger partial charge on any atom is -0.396 e. The van der Waals surface area contributed by atoms with E-state index < -0.39 is 0 Å². The minimum atomic E-state index is -0.168. The van der Waals surface area contributed by atoms with Gasteiger partial charge in [0.2, 0.25) is 0 Å². The Morgan fingerprint density at radius 3 is 3.00 bits per heavy atom. The van der Waals surface area contributed by atoms with Gasteiger partial charge in [-0.05, 0) is 43.5 Å². The Morgan fingerprint density at radius 1 is 1.35 bits per heavy atom. The number of benzene rings is 1. The van der Waals surface area contributed by atoms with Crippen LogP contribution in [0.3, 0.4) is 0 Å². The molecule has 2 nitrogen and oxygen atoms in total. The fraction of sp³-hybridized carbons (Fsp3) is 0.571. The van der Waals surface area contributed by atoms with Crippen LogP contribution < -0.4 is 0 Å². The maximum atomic E-state index is 13.1. The predicted molar refractivity (Wildman–Crippen MR) is 66.2 cm³/mol. The second-order valence-corrected chi connectivity index (χ2v) is 4.76. The molecule has 0 aromatic heterocycles. The van der Waals surface area contributed by atoms with Crippen molar-refractivity contribution in [3.63, 3.8) is 0 Å². The Morgan fingerprint density at radius 2 is 2.24 bits per heavy atom. The summed E-state index contributed by atoms with van der Waals surface area (Å²) in [5.74, 6) is -0.168. The molecule has 3 heteroatoms. The van der Waals surface area contributed by atoms with Crippen LogP contribution in [0, 0.1) is 5.82 Å². The van der Waals surface area contributed by atoms with Gasteiger partial charge in [0.1, 0.15) is 5.82 Å². The minimum absolute atomic E-state index is 0.168. The van der Waals surface area contributed by atoms with Crippen LogP contribution in [-0.2, 0) is 6.54 Å². The summed E-state index contributed by atoms with van der Waals surface area (Å²) >= 11 is 0. The summed E-state index contributed by atoms with van der Waals surface area (Å²) in [5.41, 5.74) is 1.02. The number of hydrogen-bond acceptors (Lipinski definition) is 2. The molecule has 0 bridgehead atoms. The Kier molecular flexibility index (Phi) is 4.51. The lowest BCUT2D eigenvalue weighted by Crippen LogP contribution is -2.39. The molecule has 0 radical (unpaired) electrons. The smallest absolute Gasteiger partial charge is 0.123 e. The lowest BCUT2D eigenvalue weighted by molar-refractivity contribution is 0.112. The highest BCUT2D eigenvalue weighted by molar-refractivity contribution is 5.16. The first-order valence-electron chi connectivity index (χ1n) is 6.39. The van der Waals surface area contributed by atoms with Gasteiger partial charge >= 0.3 is 0 Å².